The van der Waals surface area contributed by atoms with E-state index in [1.165, 1.54) is 4.88 Å². The van der Waals surface area contributed by atoms with Crippen molar-refractivity contribution in [1.82, 2.24) is 20.1 Å². The van der Waals surface area contributed by atoms with Gasteiger partial charge in [-0.2, -0.15) is 5.10 Å². The monoisotopic (exact) mass is 280 g/mol. The summed E-state index contributed by atoms with van der Waals surface area (Å²) in [5, 5.41) is 9.72. The fraction of sp³-hybridized carbons (Fsp3) is 0.538. The molecule has 1 unspecified atom stereocenters. The molecule has 0 aliphatic carbocycles. The van der Waals surface area contributed by atoms with Gasteiger partial charge in [0, 0.05) is 29.8 Å². The van der Waals surface area contributed by atoms with Crippen LogP contribution in [0.3, 0.4) is 0 Å². The van der Waals surface area contributed by atoms with Crippen LogP contribution in [0.25, 0.3) is 0 Å². The zero-order valence-corrected chi connectivity index (χ0v) is 12.4. The van der Waals surface area contributed by atoms with Crippen LogP contribution in [0.4, 0.5) is 0 Å². The first kappa shape index (κ1) is 14.0. The first-order chi connectivity index (χ1) is 9.24. The van der Waals surface area contributed by atoms with Crippen LogP contribution in [0, 0.1) is 0 Å². The Morgan fingerprint density at radius 1 is 1.53 bits per heavy atom. The van der Waals surface area contributed by atoms with Crippen LogP contribution in [0.15, 0.2) is 17.8 Å². The number of nitrogens with one attached hydrogen (secondary N) is 1. The lowest BCUT2D eigenvalue weighted by atomic mass is 10.1. The minimum absolute atomic E-state index is 0.261. The van der Waals surface area contributed by atoms with Gasteiger partial charge in [0.1, 0.15) is 17.9 Å². The summed E-state index contributed by atoms with van der Waals surface area (Å²) < 4.78 is 7.08. The molecule has 0 amide bonds. The van der Waals surface area contributed by atoms with Gasteiger partial charge in [-0.1, -0.05) is 6.92 Å². The van der Waals surface area contributed by atoms with Crippen molar-refractivity contribution in [2.75, 3.05) is 13.7 Å². The first-order valence-electron chi connectivity index (χ1n) is 6.43. The van der Waals surface area contributed by atoms with E-state index in [-0.39, 0.29) is 6.04 Å². The Hall–Kier alpha value is -1.40. The third kappa shape index (κ3) is 3.54. The fourth-order valence-corrected chi connectivity index (χ4v) is 2.84. The minimum Gasteiger partial charge on any atom is -0.496 e. The second kappa shape index (κ2) is 6.68. The number of nitrogens with zero attached hydrogens (tertiary/aromatic N) is 3. The van der Waals surface area contributed by atoms with Crippen LogP contribution >= 0.6 is 11.3 Å². The molecule has 104 valence electrons. The number of hydrogen-bond acceptors (Lipinski definition) is 5. The molecule has 0 spiro atoms. The molecule has 0 saturated carbocycles. The van der Waals surface area contributed by atoms with Gasteiger partial charge in [-0.25, -0.2) is 4.98 Å². The molecule has 0 radical (unpaired) electrons. The van der Waals surface area contributed by atoms with E-state index in [4.69, 9.17) is 4.74 Å². The highest BCUT2D eigenvalue weighted by atomic mass is 32.1. The van der Waals surface area contributed by atoms with Gasteiger partial charge in [0.15, 0.2) is 0 Å². The predicted octanol–water partition coefficient (Wildman–Crippen LogP) is 2.17. The van der Waals surface area contributed by atoms with Crippen molar-refractivity contribution in [2.45, 2.75) is 25.8 Å². The molecule has 1 N–H and O–H groups in total. The highest BCUT2D eigenvalue weighted by Crippen LogP contribution is 2.28. The number of aromatic nitrogens is 3. The summed E-state index contributed by atoms with van der Waals surface area (Å²) in [6.45, 7) is 3.16. The molecule has 2 heterocycles. The van der Waals surface area contributed by atoms with E-state index in [1.54, 1.807) is 24.8 Å². The molecule has 19 heavy (non-hydrogen) atoms. The lowest BCUT2D eigenvalue weighted by Crippen LogP contribution is -2.24. The van der Waals surface area contributed by atoms with E-state index in [0.717, 1.165) is 31.0 Å². The van der Waals surface area contributed by atoms with Crippen molar-refractivity contribution < 1.29 is 4.74 Å². The summed E-state index contributed by atoms with van der Waals surface area (Å²) >= 11 is 1.72. The van der Waals surface area contributed by atoms with Crippen LogP contribution in [0.5, 0.6) is 5.75 Å². The Labute approximate surface area is 117 Å². The van der Waals surface area contributed by atoms with Crippen LogP contribution in [0.1, 0.15) is 30.1 Å². The fourth-order valence-electron chi connectivity index (χ4n) is 1.90. The Bertz CT molecular complexity index is 508. The van der Waals surface area contributed by atoms with Crippen molar-refractivity contribution in [2.24, 2.45) is 7.05 Å². The first-order valence-corrected chi connectivity index (χ1v) is 7.31. The van der Waals surface area contributed by atoms with Crippen LogP contribution < -0.4 is 10.1 Å². The molecule has 6 heteroatoms. The summed E-state index contributed by atoms with van der Waals surface area (Å²) in [5.41, 5.74) is 0. The number of thiophene rings is 1. The SMILES string of the molecule is CCCNC(Cc1ncnn1C)c1cc(OC)cs1. The van der Waals surface area contributed by atoms with Crippen LogP contribution in [-0.2, 0) is 13.5 Å². The highest BCUT2D eigenvalue weighted by molar-refractivity contribution is 7.10. The van der Waals surface area contributed by atoms with Gasteiger partial charge in [0.05, 0.1) is 7.11 Å². The number of methoxy groups -OCH3 is 1. The van der Waals surface area contributed by atoms with E-state index in [9.17, 15) is 0 Å². The van der Waals surface area contributed by atoms with Gasteiger partial charge >= 0.3 is 0 Å². The largest absolute Gasteiger partial charge is 0.496 e. The Kier molecular flexibility index (Phi) is 4.93. The summed E-state index contributed by atoms with van der Waals surface area (Å²) in [4.78, 5) is 5.57. The summed E-state index contributed by atoms with van der Waals surface area (Å²) in [5.74, 6) is 1.90. The van der Waals surface area contributed by atoms with Gasteiger partial charge in [-0.15, -0.1) is 11.3 Å². The Morgan fingerprint density at radius 2 is 2.37 bits per heavy atom. The lowest BCUT2D eigenvalue weighted by Gasteiger charge is -2.16. The standard InChI is InChI=1S/C13H20N4OS/c1-4-5-14-11(7-13-15-9-16-17(13)2)12-6-10(18-3)8-19-12/h6,8-9,11,14H,4-5,7H2,1-3H3. The molecular formula is C13H20N4OS. The lowest BCUT2D eigenvalue weighted by molar-refractivity contribution is 0.415. The van der Waals surface area contributed by atoms with Gasteiger partial charge in [-0.05, 0) is 19.0 Å². The minimum atomic E-state index is 0.261. The average Bonchev–Trinajstić information content (AvgIpc) is 3.04. The number of hydrogen-bond donors (Lipinski definition) is 1. The zero-order valence-electron chi connectivity index (χ0n) is 11.6. The second-order valence-corrected chi connectivity index (χ2v) is 5.34. The summed E-state index contributed by atoms with van der Waals surface area (Å²) in [6, 6.07) is 2.35. The number of rotatable bonds is 7. The molecule has 1 atom stereocenters. The van der Waals surface area contributed by atoms with Gasteiger partial charge in [-0.3, -0.25) is 4.68 Å². The van der Waals surface area contributed by atoms with E-state index < -0.39 is 0 Å². The maximum Gasteiger partial charge on any atom is 0.138 e. The third-order valence-electron chi connectivity index (χ3n) is 3.01. The molecule has 0 saturated heterocycles. The van der Waals surface area contributed by atoms with Gasteiger partial charge in [0.2, 0.25) is 0 Å². The summed E-state index contributed by atoms with van der Waals surface area (Å²) in [6.07, 6.45) is 3.54. The smallest absolute Gasteiger partial charge is 0.138 e. The quantitative estimate of drug-likeness (QED) is 0.844. The molecule has 0 fully saturated rings. The third-order valence-corrected chi connectivity index (χ3v) is 4.03. The van der Waals surface area contributed by atoms with E-state index >= 15 is 0 Å². The van der Waals surface area contributed by atoms with E-state index in [2.05, 4.69) is 28.4 Å². The molecular weight excluding hydrogens is 260 g/mol. The molecule has 2 aromatic rings. The van der Waals surface area contributed by atoms with Crippen molar-refractivity contribution in [1.29, 1.82) is 0 Å². The normalized spacial score (nSPS) is 12.6. The van der Waals surface area contributed by atoms with Gasteiger partial charge < -0.3 is 10.1 Å². The van der Waals surface area contributed by atoms with Crippen molar-refractivity contribution >= 4 is 11.3 Å². The average molecular weight is 280 g/mol. The topological polar surface area (TPSA) is 52.0 Å². The molecule has 0 aliphatic heterocycles. The summed E-state index contributed by atoms with van der Waals surface area (Å²) in [7, 11) is 3.62. The molecule has 2 rings (SSSR count). The van der Waals surface area contributed by atoms with E-state index in [0.29, 0.717) is 0 Å². The molecule has 0 aliphatic rings. The highest BCUT2D eigenvalue weighted by Gasteiger charge is 2.16. The maximum atomic E-state index is 5.26. The maximum absolute atomic E-state index is 5.26. The second-order valence-electron chi connectivity index (χ2n) is 4.40. The van der Waals surface area contributed by atoms with E-state index in [1.807, 2.05) is 17.1 Å². The van der Waals surface area contributed by atoms with Crippen molar-refractivity contribution in [3.63, 3.8) is 0 Å². The molecule has 0 bridgehead atoms. The molecule has 5 nitrogen and oxygen atoms in total. The molecule has 0 aromatic carbocycles. The predicted molar refractivity (Wildman–Crippen MR) is 76.6 cm³/mol. The zero-order chi connectivity index (χ0) is 13.7. The van der Waals surface area contributed by atoms with Crippen molar-refractivity contribution in [3.05, 3.63) is 28.5 Å². The van der Waals surface area contributed by atoms with Crippen LogP contribution in [0.2, 0.25) is 0 Å². The van der Waals surface area contributed by atoms with Crippen LogP contribution in [-0.4, -0.2) is 28.4 Å². The Morgan fingerprint density at radius 3 is 2.95 bits per heavy atom. The number of aryl methyl sites for hydroxylation is 1. The molecule has 2 aromatic heterocycles. The van der Waals surface area contributed by atoms with Gasteiger partial charge in [0.25, 0.3) is 0 Å². The van der Waals surface area contributed by atoms with Crippen molar-refractivity contribution in [3.8, 4) is 5.75 Å². The Balaban J connectivity index is 2.13. The number of ether oxygens (including phenoxy) is 1.